The first-order valence-electron chi connectivity index (χ1n) is 5.82. The third-order valence-electron chi connectivity index (χ3n) is 3.15. The van der Waals surface area contributed by atoms with E-state index < -0.39 is 16.2 Å². The Labute approximate surface area is 113 Å². The normalized spacial score (nSPS) is 17.8. The zero-order valence-electron chi connectivity index (χ0n) is 10.5. The number of hydrogen-bond acceptors (Lipinski definition) is 6. The summed E-state index contributed by atoms with van der Waals surface area (Å²) in [5.74, 6) is 0. The fourth-order valence-electron chi connectivity index (χ4n) is 2.35. The number of rotatable bonds is 3. The lowest BCUT2D eigenvalue weighted by Crippen LogP contribution is -2.25. The van der Waals surface area contributed by atoms with Crippen molar-refractivity contribution >= 4 is 21.3 Å². The van der Waals surface area contributed by atoms with Crippen molar-refractivity contribution in [1.29, 1.82) is 0 Å². The molecule has 0 spiro atoms. The van der Waals surface area contributed by atoms with Crippen LogP contribution in [0.3, 0.4) is 0 Å². The van der Waals surface area contributed by atoms with Gasteiger partial charge in [0.1, 0.15) is 11.2 Å². The predicted octanol–water partition coefficient (Wildman–Crippen LogP) is -0.911. The van der Waals surface area contributed by atoms with Crippen LogP contribution in [0, 0.1) is 0 Å². The van der Waals surface area contributed by atoms with Crippen molar-refractivity contribution in [1.82, 2.24) is 14.1 Å². The van der Waals surface area contributed by atoms with Gasteiger partial charge in [-0.15, -0.1) is 0 Å². The number of hydrogen-bond donors (Lipinski definition) is 0. The molecule has 1 atom stereocenters. The molecular formula is C11H11N3O5S. The second-order valence-corrected chi connectivity index (χ2v) is 6.24. The quantitative estimate of drug-likeness (QED) is 0.680. The molecule has 0 aromatic carbocycles. The van der Waals surface area contributed by atoms with Crippen molar-refractivity contribution in [2.24, 2.45) is 0 Å². The summed E-state index contributed by atoms with van der Waals surface area (Å²) in [6.07, 6.45) is 2.11. The topological polar surface area (TPSA) is 100 Å². The minimum absolute atomic E-state index is 0.187. The van der Waals surface area contributed by atoms with Crippen molar-refractivity contribution < 1.29 is 12.6 Å². The average molecular weight is 297 g/mol. The molecule has 0 saturated heterocycles. The van der Waals surface area contributed by atoms with Crippen LogP contribution in [-0.2, 0) is 20.8 Å². The Hall–Kier alpha value is -2.00. The monoisotopic (exact) mass is 297 g/mol. The highest BCUT2D eigenvalue weighted by atomic mass is 32.2. The highest BCUT2D eigenvalue weighted by molar-refractivity contribution is 7.85. The minimum Gasteiger partial charge on any atom is -0.289 e. The average Bonchev–Trinajstić information content (AvgIpc) is 2.75. The molecule has 20 heavy (non-hydrogen) atoms. The van der Waals surface area contributed by atoms with Gasteiger partial charge < -0.3 is 0 Å². The van der Waals surface area contributed by atoms with Crippen LogP contribution < -0.4 is 11.1 Å². The van der Waals surface area contributed by atoms with Crippen molar-refractivity contribution in [3.8, 4) is 0 Å². The Kier molecular flexibility index (Phi) is 2.76. The van der Waals surface area contributed by atoms with E-state index in [0.717, 1.165) is 6.26 Å². The van der Waals surface area contributed by atoms with Gasteiger partial charge in [-0.2, -0.15) is 8.42 Å². The first-order valence-corrected chi connectivity index (χ1v) is 7.64. The molecule has 0 N–H and O–H groups in total. The van der Waals surface area contributed by atoms with Crippen LogP contribution in [0.4, 0.5) is 0 Å². The maximum absolute atomic E-state index is 12.0. The molecule has 0 unspecified atom stereocenters. The molecule has 0 bridgehead atoms. The molecule has 1 aliphatic heterocycles. The van der Waals surface area contributed by atoms with Gasteiger partial charge in [0.05, 0.1) is 31.6 Å². The number of aromatic nitrogens is 3. The molecule has 3 rings (SSSR count). The van der Waals surface area contributed by atoms with E-state index in [-0.39, 0.29) is 24.3 Å². The van der Waals surface area contributed by atoms with E-state index in [1.165, 1.54) is 27.5 Å². The van der Waals surface area contributed by atoms with Crippen LogP contribution in [0.1, 0.15) is 6.04 Å². The van der Waals surface area contributed by atoms with Crippen molar-refractivity contribution in [3.63, 3.8) is 0 Å². The summed E-state index contributed by atoms with van der Waals surface area (Å²) in [6.45, 7) is -0.00833. The van der Waals surface area contributed by atoms with E-state index in [1.54, 1.807) is 0 Å². The molecule has 1 aliphatic rings. The molecule has 3 heterocycles. The highest BCUT2D eigenvalue weighted by Gasteiger charge is 2.27. The summed E-state index contributed by atoms with van der Waals surface area (Å²) in [4.78, 5) is 27.7. The molecule has 8 nitrogen and oxygen atoms in total. The summed E-state index contributed by atoms with van der Waals surface area (Å²) in [5, 5.41) is 0. The van der Waals surface area contributed by atoms with Gasteiger partial charge in [-0.05, 0) is 6.07 Å². The molecule has 0 radical (unpaired) electrons. The summed E-state index contributed by atoms with van der Waals surface area (Å²) in [7, 11) is -3.61. The fraction of sp³-hybridized carbons (Fsp3) is 0.364. The standard InChI is InChI=1S/C11H11N3O5S/c1-20(17,18)19-6-7-5-13-10(16)4-12-8-2-3-9(15)14(7)11(8)13/h2-4,7H,5-6H2,1H3/t7-/m0/s1. The van der Waals surface area contributed by atoms with Gasteiger partial charge >= 0.3 is 0 Å². The van der Waals surface area contributed by atoms with Crippen molar-refractivity contribution in [2.45, 2.75) is 12.6 Å². The third-order valence-corrected chi connectivity index (χ3v) is 3.71. The zero-order valence-corrected chi connectivity index (χ0v) is 11.3. The van der Waals surface area contributed by atoms with Gasteiger partial charge in [0.2, 0.25) is 0 Å². The van der Waals surface area contributed by atoms with Crippen LogP contribution in [0.15, 0.2) is 27.9 Å². The first kappa shape index (κ1) is 13.0. The van der Waals surface area contributed by atoms with Gasteiger partial charge in [-0.1, -0.05) is 0 Å². The summed E-state index contributed by atoms with van der Waals surface area (Å²) < 4.78 is 29.6. The Morgan fingerprint density at radius 2 is 2.10 bits per heavy atom. The van der Waals surface area contributed by atoms with Crippen LogP contribution in [0.5, 0.6) is 0 Å². The predicted molar refractivity (Wildman–Crippen MR) is 70.1 cm³/mol. The second-order valence-electron chi connectivity index (χ2n) is 4.60. The lowest BCUT2D eigenvalue weighted by Gasteiger charge is -2.11. The number of nitrogens with zero attached hydrogens (tertiary/aromatic N) is 3. The molecule has 9 heteroatoms. The third kappa shape index (κ3) is 2.04. The van der Waals surface area contributed by atoms with E-state index in [9.17, 15) is 18.0 Å². The number of pyridine rings is 1. The fourth-order valence-corrected chi connectivity index (χ4v) is 2.76. The summed E-state index contributed by atoms with van der Waals surface area (Å²) in [5.41, 5.74) is 0.245. The Balaban J connectivity index is 2.15. The van der Waals surface area contributed by atoms with E-state index in [0.29, 0.717) is 11.2 Å². The lowest BCUT2D eigenvalue weighted by atomic mass is 10.3. The molecule has 0 fully saturated rings. The van der Waals surface area contributed by atoms with Gasteiger partial charge in [0, 0.05) is 6.07 Å². The van der Waals surface area contributed by atoms with E-state index in [1.807, 2.05) is 0 Å². The van der Waals surface area contributed by atoms with Crippen molar-refractivity contribution in [2.75, 3.05) is 12.9 Å². The van der Waals surface area contributed by atoms with E-state index >= 15 is 0 Å². The SMILES string of the molecule is CS(=O)(=O)OC[C@@H]1Cn2c(=O)cnc3ccc(=O)n1c32. The van der Waals surface area contributed by atoms with E-state index in [2.05, 4.69) is 4.98 Å². The van der Waals surface area contributed by atoms with Crippen LogP contribution in [0.25, 0.3) is 11.2 Å². The van der Waals surface area contributed by atoms with Crippen LogP contribution in [-0.4, -0.2) is 35.4 Å². The van der Waals surface area contributed by atoms with Gasteiger partial charge in [-0.25, -0.2) is 4.98 Å². The zero-order chi connectivity index (χ0) is 14.5. The molecule has 2 aromatic heterocycles. The smallest absolute Gasteiger partial charge is 0.270 e. The molecule has 0 saturated carbocycles. The van der Waals surface area contributed by atoms with Gasteiger partial charge in [0.25, 0.3) is 21.2 Å². The van der Waals surface area contributed by atoms with Crippen LogP contribution in [0.2, 0.25) is 0 Å². The summed E-state index contributed by atoms with van der Waals surface area (Å²) in [6, 6.07) is 2.32. The Bertz CT molecular complexity index is 907. The van der Waals surface area contributed by atoms with Crippen molar-refractivity contribution in [3.05, 3.63) is 39.0 Å². The van der Waals surface area contributed by atoms with Gasteiger partial charge in [0.15, 0.2) is 0 Å². The lowest BCUT2D eigenvalue weighted by molar-refractivity contribution is 0.254. The van der Waals surface area contributed by atoms with Gasteiger partial charge in [-0.3, -0.25) is 22.9 Å². The maximum Gasteiger partial charge on any atom is 0.270 e. The molecular weight excluding hydrogens is 286 g/mol. The summed E-state index contributed by atoms with van der Waals surface area (Å²) >= 11 is 0. The van der Waals surface area contributed by atoms with Crippen LogP contribution >= 0.6 is 0 Å². The minimum atomic E-state index is -3.61. The largest absolute Gasteiger partial charge is 0.289 e. The first-order chi connectivity index (χ1) is 9.37. The molecule has 106 valence electrons. The Morgan fingerprint density at radius 1 is 1.35 bits per heavy atom. The Morgan fingerprint density at radius 3 is 2.80 bits per heavy atom. The van der Waals surface area contributed by atoms with E-state index in [4.69, 9.17) is 4.18 Å². The molecule has 2 aromatic rings. The molecule has 0 amide bonds. The second kappa shape index (κ2) is 4.25. The molecule has 0 aliphatic carbocycles. The highest BCUT2D eigenvalue weighted by Crippen LogP contribution is 2.22. The maximum atomic E-state index is 12.0.